The van der Waals surface area contributed by atoms with Crippen molar-refractivity contribution in [2.45, 2.75) is 92.4 Å². The first-order valence-electron chi connectivity index (χ1n) is 21.5. The van der Waals surface area contributed by atoms with Gasteiger partial charge in [-0.2, -0.15) is 0 Å². The fraction of sp³-hybridized carbons (Fsp3) is 0.280. The molecule has 7 nitrogen and oxygen atoms in total. The van der Waals surface area contributed by atoms with Gasteiger partial charge in [-0.25, -0.2) is 4.57 Å². The van der Waals surface area contributed by atoms with Gasteiger partial charge in [0, 0.05) is 43.8 Å². The van der Waals surface area contributed by atoms with Crippen LogP contribution in [0.15, 0.2) is 95.5 Å². The quantitative estimate of drug-likeness (QED) is 0.116. The van der Waals surface area contributed by atoms with Gasteiger partial charge in [0.1, 0.15) is 0 Å². The van der Waals surface area contributed by atoms with Crippen LogP contribution in [0.1, 0.15) is 45.7 Å². The van der Waals surface area contributed by atoms with Crippen LogP contribution in [0.2, 0.25) is 78.6 Å². The molecule has 8 rings (SSSR count). The number of hydrogen-bond donors (Lipinski definition) is 2. The van der Waals surface area contributed by atoms with E-state index in [0.29, 0.717) is 21.9 Å². The standard InChI is InChI=1S/C24H27NO2S2Si2.C17H22O2S2Si2.C8H9BO2.CH4.Y/c1-8-15-9-11-16(12-10-15)25-23(26)17-13-19(30(2,3)4)28-21(17)22-18(24(25)27)14-20(29-22)31(5,6)7;1-22(2,3)14-7-10-12(18)9-13(19)11-8-15(23(4,5)6)21-17(11)16(10)20-14;1-2-7-3-5-8(6-4-7)9(10)11;;/h8-14H,1H2,2-7H3;7-8H,9H2,1-6H3;2-6,10-11H,1H2;1H4;. The summed E-state index contributed by atoms with van der Waals surface area (Å²) in [7, 11) is -7.54. The van der Waals surface area contributed by atoms with Gasteiger partial charge in [0.05, 0.1) is 74.3 Å². The first-order valence-corrected chi connectivity index (χ1v) is 38.7. The molecule has 7 aromatic rings. The molecule has 5 aromatic heterocycles. The summed E-state index contributed by atoms with van der Waals surface area (Å²) in [6.07, 6.45) is 3.47. The van der Waals surface area contributed by atoms with Crippen LogP contribution >= 0.6 is 45.3 Å². The third kappa shape index (κ3) is 12.6. The third-order valence-corrected chi connectivity index (χ3v) is 30.1. The number of carbonyl (C=O) groups excluding carboxylic acids is 2. The van der Waals surface area contributed by atoms with Crippen LogP contribution in [0, 0.1) is 0 Å². The topological polar surface area (TPSA) is 114 Å². The zero-order valence-electron chi connectivity index (χ0n) is 40.0. The number of ketones is 2. The van der Waals surface area contributed by atoms with Gasteiger partial charge < -0.3 is 10.0 Å². The summed E-state index contributed by atoms with van der Waals surface area (Å²) < 4.78 is 8.56. The molecule has 349 valence electrons. The van der Waals surface area contributed by atoms with Crippen LogP contribution in [0.25, 0.3) is 47.8 Å². The molecule has 0 spiro atoms. The van der Waals surface area contributed by atoms with E-state index in [1.54, 1.807) is 81.8 Å². The van der Waals surface area contributed by atoms with Gasteiger partial charge in [-0.1, -0.05) is 148 Å². The molecule has 0 atom stereocenters. The molecule has 0 unspecified atom stereocenters. The molecule has 67 heavy (non-hydrogen) atoms. The summed E-state index contributed by atoms with van der Waals surface area (Å²) in [5, 5.41) is 18.8. The van der Waals surface area contributed by atoms with Crippen LogP contribution in [-0.4, -0.2) is 65.6 Å². The van der Waals surface area contributed by atoms with Crippen molar-refractivity contribution in [1.82, 2.24) is 4.57 Å². The zero-order valence-corrected chi connectivity index (χ0v) is 50.1. The van der Waals surface area contributed by atoms with E-state index in [1.165, 1.54) is 22.6 Å². The Hall–Kier alpha value is -2.84. The summed E-state index contributed by atoms with van der Waals surface area (Å²) >= 11 is 6.90. The van der Waals surface area contributed by atoms with Crippen molar-refractivity contribution >= 4 is 152 Å². The molecule has 1 aliphatic carbocycles. The maximum Gasteiger partial charge on any atom is 0.488 e. The molecule has 0 bridgehead atoms. The Kier molecular flexibility index (Phi) is 18.3. The predicted octanol–water partition coefficient (Wildman–Crippen LogP) is 10.3. The van der Waals surface area contributed by atoms with Gasteiger partial charge in [0.2, 0.25) is 0 Å². The molecule has 5 heterocycles. The Morgan fingerprint density at radius 3 is 1.18 bits per heavy atom. The monoisotopic (exact) mass is 1110 g/mol. The van der Waals surface area contributed by atoms with Crippen molar-refractivity contribution in [1.29, 1.82) is 0 Å². The second kappa shape index (κ2) is 21.7. The van der Waals surface area contributed by atoms with E-state index in [2.05, 4.69) is 116 Å². The minimum Gasteiger partial charge on any atom is -0.423 e. The van der Waals surface area contributed by atoms with Gasteiger partial charge in [0.15, 0.2) is 11.6 Å². The number of hydrogen-bond acceptors (Lipinski definition) is 10. The smallest absolute Gasteiger partial charge is 0.423 e. The van der Waals surface area contributed by atoms with E-state index in [1.807, 2.05) is 24.3 Å². The maximum atomic E-state index is 13.7. The largest absolute Gasteiger partial charge is 0.488 e. The molecule has 2 N–H and O–H groups in total. The number of thiophene rings is 4. The van der Waals surface area contributed by atoms with Crippen LogP contribution in [0.5, 0.6) is 0 Å². The van der Waals surface area contributed by atoms with Crippen molar-refractivity contribution in [3.8, 4) is 15.4 Å². The Labute approximate surface area is 441 Å². The number of aromatic nitrogens is 1. The Morgan fingerprint density at radius 1 is 0.537 bits per heavy atom. The Bertz CT molecular complexity index is 2950. The number of Topliss-reactive ketones (excluding diaryl/α,β-unsaturated/α-hetero) is 2. The second-order valence-electron chi connectivity index (χ2n) is 20.4. The van der Waals surface area contributed by atoms with Gasteiger partial charge >= 0.3 is 7.12 Å². The fourth-order valence-corrected chi connectivity index (χ4v) is 19.3. The number of rotatable bonds is 8. The zero-order chi connectivity index (χ0) is 48.1. The maximum absolute atomic E-state index is 13.7. The van der Waals surface area contributed by atoms with Crippen molar-refractivity contribution in [3.05, 3.63) is 129 Å². The van der Waals surface area contributed by atoms with Gasteiger partial charge in [-0.15, -0.1) is 45.3 Å². The summed E-state index contributed by atoms with van der Waals surface area (Å²) in [4.78, 5) is 54.5. The Balaban J connectivity index is 0.000000239. The minimum absolute atomic E-state index is 0. The van der Waals surface area contributed by atoms with Crippen LogP contribution in [0.3, 0.4) is 0 Å². The van der Waals surface area contributed by atoms with Crippen molar-refractivity contribution < 1.29 is 52.3 Å². The SMILES string of the molecule is C.C=Cc1ccc(-n2c(=O)c3cc([Si](C)(C)C)sc3c3sc([Si](C)(C)C)cc3c2=O)cc1.C=Cc1ccc(B(O)O)cc1.C[Si](C)(C)c1cc2c(s1)-c1sc([Si](C)(C)C)cc1C(=O)CC2=O.[Y]. The van der Waals surface area contributed by atoms with Gasteiger partial charge in [-0.3, -0.25) is 19.2 Å². The summed E-state index contributed by atoms with van der Waals surface area (Å²) in [6.45, 7) is 34.9. The molecular weight excluding hydrogens is 1050 g/mol. The van der Waals surface area contributed by atoms with E-state index in [9.17, 15) is 19.2 Å². The van der Waals surface area contributed by atoms with Crippen LogP contribution in [-0.2, 0) is 32.7 Å². The molecule has 0 saturated carbocycles. The normalized spacial score (nSPS) is 12.6. The molecule has 1 aliphatic rings. The molecular formula is C50H62BNO6S4Si4Y. The second-order valence-corrected chi connectivity index (χ2v) is 46.2. The Morgan fingerprint density at radius 2 is 0.866 bits per heavy atom. The van der Waals surface area contributed by atoms with Crippen molar-refractivity contribution in [2.75, 3.05) is 0 Å². The molecule has 0 saturated heterocycles. The van der Waals surface area contributed by atoms with Gasteiger partial charge in [0.25, 0.3) is 11.1 Å². The third-order valence-electron chi connectivity index (χ3n) is 10.9. The average Bonchev–Trinajstić information content (AvgIpc) is 4.03. The molecule has 1 radical (unpaired) electrons. The number of benzene rings is 2. The molecule has 0 aliphatic heterocycles. The molecule has 2 aromatic carbocycles. The summed E-state index contributed by atoms with van der Waals surface area (Å²) in [5.74, 6) is -0.0209. The number of nitrogens with zero attached hydrogens (tertiary/aromatic N) is 1. The van der Waals surface area contributed by atoms with E-state index in [-0.39, 0.29) is 69.2 Å². The average molecular weight is 1110 g/mol. The minimum atomic E-state index is -1.61. The van der Waals surface area contributed by atoms with E-state index in [0.717, 1.165) is 41.4 Å². The molecule has 0 amide bonds. The van der Waals surface area contributed by atoms with Crippen molar-refractivity contribution in [2.24, 2.45) is 0 Å². The number of carbonyl (C=O) groups is 2. The summed E-state index contributed by atoms with van der Waals surface area (Å²) in [6, 6.07) is 22.5. The van der Waals surface area contributed by atoms with E-state index < -0.39 is 39.4 Å². The van der Waals surface area contributed by atoms with E-state index in [4.69, 9.17) is 10.0 Å². The predicted molar refractivity (Wildman–Crippen MR) is 305 cm³/mol. The fourth-order valence-electron chi connectivity index (χ4n) is 6.92. The summed E-state index contributed by atoms with van der Waals surface area (Å²) in [5.41, 5.74) is 4.11. The van der Waals surface area contributed by atoms with Gasteiger partial charge in [-0.05, 0) is 71.0 Å². The first-order chi connectivity index (χ1) is 30.1. The first kappa shape index (κ1) is 56.7. The van der Waals surface area contributed by atoms with Crippen LogP contribution in [0.4, 0.5) is 0 Å². The molecule has 0 fully saturated rings. The van der Waals surface area contributed by atoms with Crippen molar-refractivity contribution in [3.63, 3.8) is 0 Å². The van der Waals surface area contributed by atoms with Crippen LogP contribution < -0.4 is 34.6 Å². The molecule has 17 heteroatoms. The van der Waals surface area contributed by atoms with E-state index >= 15 is 0 Å². The number of fused-ring (bicyclic) bond motifs is 6.